The molecule has 0 aliphatic heterocycles. The number of rotatable bonds is 6. The summed E-state index contributed by atoms with van der Waals surface area (Å²) in [5, 5.41) is 3.42. The van der Waals surface area contributed by atoms with Gasteiger partial charge < -0.3 is 15.0 Å². The molecular weight excluding hydrogens is 382 g/mol. The molecule has 1 aromatic heterocycles. The van der Waals surface area contributed by atoms with Gasteiger partial charge in [0.1, 0.15) is 5.69 Å². The van der Waals surface area contributed by atoms with Crippen molar-refractivity contribution in [3.63, 3.8) is 0 Å². The van der Waals surface area contributed by atoms with Gasteiger partial charge in [-0.15, -0.1) is 0 Å². The number of amides is 1. The molecule has 0 saturated heterocycles. The summed E-state index contributed by atoms with van der Waals surface area (Å²) in [6.07, 6.45) is 0. The average molecular weight is 401 g/mol. The van der Waals surface area contributed by atoms with Crippen LogP contribution in [0.5, 0.6) is 0 Å². The van der Waals surface area contributed by atoms with Crippen LogP contribution < -0.4 is 5.32 Å². The van der Waals surface area contributed by atoms with Crippen LogP contribution in [-0.4, -0.2) is 50.3 Å². The van der Waals surface area contributed by atoms with E-state index < -0.39 is 28.5 Å². The molecule has 0 bridgehead atoms. The molecular formula is C19H19N3O5S. The predicted octanol–water partition coefficient (Wildman–Crippen LogP) is 2.21. The molecule has 28 heavy (non-hydrogen) atoms. The van der Waals surface area contributed by atoms with Crippen molar-refractivity contribution in [1.29, 1.82) is 0 Å². The fraction of sp³-hybridized carbons (Fsp3) is 0.158. The van der Waals surface area contributed by atoms with E-state index in [1.54, 1.807) is 6.07 Å². The molecule has 0 unspecified atom stereocenters. The maximum Gasteiger partial charge on any atom is 0.355 e. The Morgan fingerprint density at radius 1 is 1.07 bits per heavy atom. The first-order chi connectivity index (χ1) is 13.3. The highest BCUT2D eigenvalue weighted by molar-refractivity contribution is 7.89. The van der Waals surface area contributed by atoms with Crippen molar-refractivity contribution in [3.05, 3.63) is 60.3 Å². The van der Waals surface area contributed by atoms with Crippen molar-refractivity contribution in [2.45, 2.75) is 4.90 Å². The first-order valence-corrected chi connectivity index (χ1v) is 9.79. The third-order valence-electron chi connectivity index (χ3n) is 4.00. The Morgan fingerprint density at radius 2 is 1.75 bits per heavy atom. The number of para-hydroxylation sites is 1. The van der Waals surface area contributed by atoms with Crippen LogP contribution in [0.2, 0.25) is 0 Å². The Morgan fingerprint density at radius 3 is 2.39 bits per heavy atom. The third-order valence-corrected chi connectivity index (χ3v) is 5.83. The summed E-state index contributed by atoms with van der Waals surface area (Å²) in [5.74, 6) is -1.17. The molecule has 0 atom stereocenters. The number of hydrogen-bond acceptors (Lipinski definition) is 5. The highest BCUT2D eigenvalue weighted by atomic mass is 32.2. The number of carbonyl (C=O) groups excluding carboxylic acids is 2. The van der Waals surface area contributed by atoms with Gasteiger partial charge in [-0.2, -0.15) is 0 Å². The molecule has 146 valence electrons. The molecule has 3 aromatic rings. The maximum absolute atomic E-state index is 12.1. The molecule has 0 aliphatic carbocycles. The van der Waals surface area contributed by atoms with E-state index in [-0.39, 0.29) is 10.6 Å². The molecule has 2 N–H and O–H groups in total. The highest BCUT2D eigenvalue weighted by Crippen LogP contribution is 2.17. The Balaban J connectivity index is 1.57. The zero-order valence-corrected chi connectivity index (χ0v) is 16.1. The molecule has 1 heterocycles. The Labute approximate surface area is 162 Å². The van der Waals surface area contributed by atoms with E-state index in [9.17, 15) is 18.0 Å². The number of carbonyl (C=O) groups is 2. The lowest BCUT2D eigenvalue weighted by atomic mass is 10.2. The number of ether oxygens (including phenoxy) is 1. The first-order valence-electron chi connectivity index (χ1n) is 8.35. The van der Waals surface area contributed by atoms with E-state index in [0.29, 0.717) is 5.69 Å². The van der Waals surface area contributed by atoms with Crippen LogP contribution in [0.4, 0.5) is 5.69 Å². The van der Waals surface area contributed by atoms with Crippen molar-refractivity contribution in [3.8, 4) is 0 Å². The van der Waals surface area contributed by atoms with E-state index in [1.165, 1.54) is 38.4 Å². The van der Waals surface area contributed by atoms with E-state index in [0.717, 1.165) is 15.2 Å². The van der Waals surface area contributed by atoms with Crippen LogP contribution in [0.15, 0.2) is 59.5 Å². The second-order valence-corrected chi connectivity index (χ2v) is 8.36. The Bertz CT molecular complexity index is 1080. The van der Waals surface area contributed by atoms with Gasteiger partial charge in [-0.05, 0) is 36.4 Å². The first kappa shape index (κ1) is 19.6. The smallest absolute Gasteiger partial charge is 0.355 e. The van der Waals surface area contributed by atoms with Crippen molar-refractivity contribution < 1.29 is 22.7 Å². The average Bonchev–Trinajstić information content (AvgIpc) is 3.11. The summed E-state index contributed by atoms with van der Waals surface area (Å²) in [4.78, 5) is 27.1. The third kappa shape index (κ3) is 4.21. The molecule has 0 saturated carbocycles. The quantitative estimate of drug-likeness (QED) is 0.616. The Kier molecular flexibility index (Phi) is 5.48. The van der Waals surface area contributed by atoms with E-state index >= 15 is 0 Å². The molecule has 1 amide bonds. The molecule has 8 nitrogen and oxygen atoms in total. The molecule has 2 aromatic carbocycles. The monoisotopic (exact) mass is 401 g/mol. The number of benzene rings is 2. The minimum absolute atomic E-state index is 0.112. The van der Waals surface area contributed by atoms with Crippen LogP contribution in [-0.2, 0) is 19.6 Å². The fourth-order valence-electron chi connectivity index (χ4n) is 2.51. The van der Waals surface area contributed by atoms with Gasteiger partial charge in [0.25, 0.3) is 5.91 Å². The van der Waals surface area contributed by atoms with Crippen molar-refractivity contribution in [2.75, 3.05) is 26.0 Å². The molecule has 0 radical (unpaired) electrons. The summed E-state index contributed by atoms with van der Waals surface area (Å²) in [7, 11) is -0.664. The summed E-state index contributed by atoms with van der Waals surface area (Å²) in [6, 6.07) is 14.8. The number of esters is 1. The normalized spacial score (nSPS) is 11.5. The van der Waals surface area contributed by atoms with Crippen molar-refractivity contribution >= 4 is 38.5 Å². The van der Waals surface area contributed by atoms with Gasteiger partial charge in [0.2, 0.25) is 10.0 Å². The zero-order chi connectivity index (χ0) is 20.3. The molecule has 0 fully saturated rings. The van der Waals surface area contributed by atoms with Gasteiger partial charge in [-0.25, -0.2) is 17.5 Å². The second-order valence-electron chi connectivity index (χ2n) is 6.21. The molecule has 0 spiro atoms. The lowest BCUT2D eigenvalue weighted by Crippen LogP contribution is -2.22. The number of nitrogens with zero attached hydrogens (tertiary/aromatic N) is 1. The standard InChI is InChI=1S/C19H19N3O5S/c1-22(2)28(25,26)15-9-7-14(8-10-15)20-18(23)12-27-19(24)17-11-13-5-3-4-6-16(13)21-17/h3-11,21H,12H2,1-2H3,(H,20,23). The van der Waals surface area contributed by atoms with Gasteiger partial charge in [0.05, 0.1) is 4.90 Å². The van der Waals surface area contributed by atoms with Gasteiger partial charge >= 0.3 is 5.97 Å². The van der Waals surface area contributed by atoms with Gasteiger partial charge in [0, 0.05) is 30.7 Å². The number of sulfonamides is 1. The number of H-pyrrole nitrogens is 1. The highest BCUT2D eigenvalue weighted by Gasteiger charge is 2.17. The largest absolute Gasteiger partial charge is 0.451 e. The summed E-state index contributed by atoms with van der Waals surface area (Å²) in [5.41, 5.74) is 1.45. The van der Waals surface area contributed by atoms with Gasteiger partial charge in [0.15, 0.2) is 6.61 Å². The van der Waals surface area contributed by atoms with E-state index in [4.69, 9.17) is 4.74 Å². The second kappa shape index (κ2) is 7.83. The van der Waals surface area contributed by atoms with Crippen LogP contribution in [0, 0.1) is 0 Å². The Hall–Kier alpha value is -3.17. The number of aromatic nitrogens is 1. The van der Waals surface area contributed by atoms with Crippen LogP contribution in [0.25, 0.3) is 10.9 Å². The fourth-order valence-corrected chi connectivity index (χ4v) is 3.41. The van der Waals surface area contributed by atoms with E-state index in [2.05, 4.69) is 10.3 Å². The van der Waals surface area contributed by atoms with Crippen LogP contribution >= 0.6 is 0 Å². The van der Waals surface area contributed by atoms with Crippen molar-refractivity contribution in [2.24, 2.45) is 0 Å². The topological polar surface area (TPSA) is 109 Å². The van der Waals surface area contributed by atoms with Gasteiger partial charge in [-0.1, -0.05) is 18.2 Å². The van der Waals surface area contributed by atoms with Gasteiger partial charge in [-0.3, -0.25) is 4.79 Å². The van der Waals surface area contributed by atoms with Crippen LogP contribution in [0.3, 0.4) is 0 Å². The summed E-state index contributed by atoms with van der Waals surface area (Å²) < 4.78 is 30.2. The number of nitrogens with one attached hydrogen (secondary N) is 2. The molecule has 3 rings (SSSR count). The lowest BCUT2D eigenvalue weighted by Gasteiger charge is -2.12. The lowest BCUT2D eigenvalue weighted by molar-refractivity contribution is -0.119. The predicted molar refractivity (Wildman–Crippen MR) is 105 cm³/mol. The number of aromatic amines is 1. The number of anilines is 1. The SMILES string of the molecule is CN(C)S(=O)(=O)c1ccc(NC(=O)COC(=O)c2cc3ccccc3[nH]2)cc1. The van der Waals surface area contributed by atoms with Crippen molar-refractivity contribution in [1.82, 2.24) is 9.29 Å². The minimum Gasteiger partial charge on any atom is -0.451 e. The minimum atomic E-state index is -3.54. The summed E-state index contributed by atoms with van der Waals surface area (Å²) >= 11 is 0. The number of fused-ring (bicyclic) bond motifs is 1. The molecule has 0 aliphatic rings. The van der Waals surface area contributed by atoms with Crippen LogP contribution in [0.1, 0.15) is 10.5 Å². The molecule has 9 heteroatoms. The number of hydrogen-bond donors (Lipinski definition) is 2. The maximum atomic E-state index is 12.1. The van der Waals surface area contributed by atoms with E-state index in [1.807, 2.05) is 24.3 Å². The summed E-state index contributed by atoms with van der Waals surface area (Å²) in [6.45, 7) is -0.466. The zero-order valence-electron chi connectivity index (χ0n) is 15.3.